The molecule has 1 aromatic rings. The fourth-order valence-electron chi connectivity index (χ4n) is 1.25. The van der Waals surface area contributed by atoms with Gasteiger partial charge in [-0.3, -0.25) is 0 Å². The minimum atomic E-state index is -0.982. The zero-order valence-corrected chi connectivity index (χ0v) is 9.06. The average molecular weight is 229 g/mol. The Labute approximate surface area is 93.5 Å². The molecule has 90 valence electrons. The van der Waals surface area contributed by atoms with Gasteiger partial charge in [-0.05, 0) is 13.0 Å². The zero-order chi connectivity index (χ0) is 12.1. The maximum Gasteiger partial charge on any atom is 0.127 e. The van der Waals surface area contributed by atoms with E-state index in [2.05, 4.69) is 0 Å². The highest BCUT2D eigenvalue weighted by Crippen LogP contribution is 2.24. The summed E-state index contributed by atoms with van der Waals surface area (Å²) in [7, 11) is 0. The number of halogens is 1. The van der Waals surface area contributed by atoms with Gasteiger partial charge in [-0.1, -0.05) is 6.07 Å². The summed E-state index contributed by atoms with van der Waals surface area (Å²) in [6.45, 7) is 1.26. The van der Waals surface area contributed by atoms with E-state index < -0.39 is 18.5 Å². The molecule has 1 unspecified atom stereocenters. The number of benzene rings is 1. The molecule has 0 aliphatic heterocycles. The number of hydrogen-bond donors (Lipinski definition) is 3. The third-order valence-electron chi connectivity index (χ3n) is 2.11. The quantitative estimate of drug-likeness (QED) is 0.690. The molecule has 4 N–H and O–H groups in total. The summed E-state index contributed by atoms with van der Waals surface area (Å²) >= 11 is 0. The lowest BCUT2D eigenvalue weighted by molar-refractivity contribution is 0.0531. The van der Waals surface area contributed by atoms with Crippen LogP contribution in [-0.2, 0) is 0 Å². The highest BCUT2D eigenvalue weighted by atomic mass is 19.1. The van der Waals surface area contributed by atoms with Crippen molar-refractivity contribution in [1.82, 2.24) is 0 Å². The lowest BCUT2D eigenvalue weighted by atomic mass is 10.1. The Morgan fingerprint density at radius 1 is 1.50 bits per heavy atom. The van der Waals surface area contributed by atoms with Crippen molar-refractivity contribution >= 4 is 0 Å². The first-order valence-electron chi connectivity index (χ1n) is 5.01. The van der Waals surface area contributed by atoms with Crippen LogP contribution in [0.25, 0.3) is 0 Å². The molecule has 0 heterocycles. The number of aliphatic hydroxyl groups is 2. The number of nitrogens with two attached hydrogens (primary N) is 1. The van der Waals surface area contributed by atoms with Gasteiger partial charge in [0.25, 0.3) is 0 Å². The first-order valence-corrected chi connectivity index (χ1v) is 5.01. The maximum atomic E-state index is 13.0. The van der Waals surface area contributed by atoms with E-state index in [9.17, 15) is 4.39 Å². The van der Waals surface area contributed by atoms with Crippen LogP contribution >= 0.6 is 0 Å². The molecule has 0 aliphatic carbocycles. The molecular weight excluding hydrogens is 213 g/mol. The Hall–Kier alpha value is -1.17. The normalized spacial score (nSPS) is 14.6. The molecule has 0 amide bonds. The summed E-state index contributed by atoms with van der Waals surface area (Å²) in [6, 6.07) is 3.76. The van der Waals surface area contributed by atoms with E-state index in [1.807, 2.05) is 0 Å². The van der Waals surface area contributed by atoms with Crippen molar-refractivity contribution < 1.29 is 19.3 Å². The topological polar surface area (TPSA) is 75.7 Å². The van der Waals surface area contributed by atoms with Crippen LogP contribution in [0, 0.1) is 5.82 Å². The Morgan fingerprint density at radius 2 is 2.19 bits per heavy atom. The van der Waals surface area contributed by atoms with Crippen molar-refractivity contribution in [2.75, 3.05) is 13.2 Å². The minimum absolute atomic E-state index is 0.0975. The van der Waals surface area contributed by atoms with Crippen molar-refractivity contribution in [2.45, 2.75) is 19.1 Å². The van der Waals surface area contributed by atoms with Crippen LogP contribution in [0.5, 0.6) is 5.75 Å². The number of rotatable bonds is 5. The van der Waals surface area contributed by atoms with Crippen LogP contribution in [-0.4, -0.2) is 29.5 Å². The van der Waals surface area contributed by atoms with Gasteiger partial charge in [0.05, 0.1) is 6.61 Å². The van der Waals surface area contributed by atoms with Crippen molar-refractivity contribution in [2.24, 2.45) is 5.73 Å². The predicted molar refractivity (Wildman–Crippen MR) is 57.6 cm³/mol. The molecule has 0 aliphatic rings. The van der Waals surface area contributed by atoms with E-state index >= 15 is 0 Å². The lowest BCUT2D eigenvalue weighted by Crippen LogP contribution is -2.22. The Balaban J connectivity index is 2.80. The van der Waals surface area contributed by atoms with Crippen molar-refractivity contribution in [1.29, 1.82) is 0 Å². The third kappa shape index (κ3) is 3.44. The fraction of sp³-hybridized carbons (Fsp3) is 0.455. The lowest BCUT2D eigenvalue weighted by Gasteiger charge is -2.15. The minimum Gasteiger partial charge on any atom is -0.490 e. The SMILES string of the molecule is C[C@H](N)c1ccc(F)cc1OCC(O)CO. The van der Waals surface area contributed by atoms with Gasteiger partial charge in [0.2, 0.25) is 0 Å². The molecule has 0 spiro atoms. The molecule has 0 saturated heterocycles. The van der Waals surface area contributed by atoms with Gasteiger partial charge in [-0.25, -0.2) is 4.39 Å². The predicted octanol–water partition coefficient (Wildman–Crippen LogP) is 0.577. The maximum absolute atomic E-state index is 13.0. The first kappa shape index (κ1) is 12.9. The second-order valence-corrected chi connectivity index (χ2v) is 3.62. The van der Waals surface area contributed by atoms with Gasteiger partial charge >= 0.3 is 0 Å². The Bertz CT molecular complexity index is 344. The van der Waals surface area contributed by atoms with Crippen LogP contribution in [0.2, 0.25) is 0 Å². The zero-order valence-electron chi connectivity index (χ0n) is 9.06. The smallest absolute Gasteiger partial charge is 0.127 e. The summed E-state index contributed by atoms with van der Waals surface area (Å²) in [6.07, 6.45) is -0.982. The van der Waals surface area contributed by atoms with Gasteiger partial charge in [-0.15, -0.1) is 0 Å². The summed E-state index contributed by atoms with van der Waals surface area (Å²) in [5.41, 5.74) is 6.35. The highest BCUT2D eigenvalue weighted by molar-refractivity contribution is 5.36. The van der Waals surface area contributed by atoms with E-state index in [-0.39, 0.29) is 12.6 Å². The van der Waals surface area contributed by atoms with Crippen molar-refractivity contribution in [3.8, 4) is 5.75 Å². The second kappa shape index (κ2) is 5.79. The van der Waals surface area contributed by atoms with Gasteiger partial charge in [0.1, 0.15) is 24.3 Å². The molecular formula is C11H16FNO3. The van der Waals surface area contributed by atoms with Crippen LogP contribution in [0.4, 0.5) is 4.39 Å². The summed E-state index contributed by atoms with van der Waals surface area (Å²) < 4.78 is 18.2. The molecule has 16 heavy (non-hydrogen) atoms. The molecule has 0 fully saturated rings. The molecule has 0 saturated carbocycles. The van der Waals surface area contributed by atoms with E-state index in [1.165, 1.54) is 12.1 Å². The standard InChI is InChI=1S/C11H16FNO3/c1-7(13)10-3-2-8(12)4-11(10)16-6-9(15)5-14/h2-4,7,9,14-15H,5-6,13H2,1H3/t7-,9?/m0/s1. The number of aliphatic hydroxyl groups excluding tert-OH is 2. The van der Waals surface area contributed by atoms with E-state index in [0.29, 0.717) is 11.3 Å². The highest BCUT2D eigenvalue weighted by Gasteiger charge is 2.11. The van der Waals surface area contributed by atoms with Crippen LogP contribution in [0.15, 0.2) is 18.2 Å². The van der Waals surface area contributed by atoms with Crippen molar-refractivity contribution in [3.05, 3.63) is 29.6 Å². The van der Waals surface area contributed by atoms with E-state index in [1.54, 1.807) is 13.0 Å². The van der Waals surface area contributed by atoms with Gasteiger partial charge < -0.3 is 20.7 Å². The van der Waals surface area contributed by atoms with Gasteiger partial charge in [0.15, 0.2) is 0 Å². The molecule has 1 rings (SSSR count). The van der Waals surface area contributed by atoms with Gasteiger partial charge in [0, 0.05) is 17.7 Å². The van der Waals surface area contributed by atoms with Gasteiger partial charge in [-0.2, -0.15) is 0 Å². The first-order chi connectivity index (χ1) is 7.54. The van der Waals surface area contributed by atoms with Crippen LogP contribution < -0.4 is 10.5 Å². The fourth-order valence-corrected chi connectivity index (χ4v) is 1.25. The summed E-state index contributed by atoms with van der Waals surface area (Å²) in [5.74, 6) is -0.139. The molecule has 0 bridgehead atoms. The third-order valence-corrected chi connectivity index (χ3v) is 2.11. The Kier molecular flexibility index (Phi) is 4.67. The molecule has 0 aromatic heterocycles. The van der Waals surface area contributed by atoms with Crippen molar-refractivity contribution in [3.63, 3.8) is 0 Å². The van der Waals surface area contributed by atoms with Crippen LogP contribution in [0.1, 0.15) is 18.5 Å². The number of ether oxygens (including phenoxy) is 1. The Morgan fingerprint density at radius 3 is 2.75 bits per heavy atom. The molecule has 5 heteroatoms. The average Bonchev–Trinajstić information content (AvgIpc) is 2.25. The van der Waals surface area contributed by atoms with E-state index in [4.69, 9.17) is 20.7 Å². The molecule has 2 atom stereocenters. The molecule has 4 nitrogen and oxygen atoms in total. The molecule has 0 radical (unpaired) electrons. The number of hydrogen-bond acceptors (Lipinski definition) is 4. The molecule has 1 aromatic carbocycles. The van der Waals surface area contributed by atoms with Crippen LogP contribution in [0.3, 0.4) is 0 Å². The summed E-state index contributed by atoms with van der Waals surface area (Å²) in [5, 5.41) is 17.7. The summed E-state index contributed by atoms with van der Waals surface area (Å²) in [4.78, 5) is 0. The monoisotopic (exact) mass is 229 g/mol. The largest absolute Gasteiger partial charge is 0.490 e. The second-order valence-electron chi connectivity index (χ2n) is 3.62. The van der Waals surface area contributed by atoms with E-state index in [0.717, 1.165) is 0 Å².